The summed E-state index contributed by atoms with van der Waals surface area (Å²) in [5, 5.41) is 2.55. The molecule has 15 heavy (non-hydrogen) atoms. The number of carbonyl (C=O) groups excluding carboxylic acids is 1. The van der Waals surface area contributed by atoms with Crippen LogP contribution < -0.4 is 0 Å². The van der Waals surface area contributed by atoms with Crippen molar-refractivity contribution < 1.29 is 4.79 Å². The molecule has 0 radical (unpaired) electrons. The Balaban J connectivity index is 2.15. The Morgan fingerprint density at radius 3 is 2.93 bits per heavy atom. The average molecular weight is 238 g/mol. The van der Waals surface area contributed by atoms with E-state index in [1.807, 2.05) is 5.38 Å². The Morgan fingerprint density at radius 1 is 1.47 bits per heavy atom. The van der Waals surface area contributed by atoms with Crippen LogP contribution in [-0.2, 0) is 6.42 Å². The maximum atomic E-state index is 11.8. The monoisotopic (exact) mass is 237 g/mol. The second-order valence-electron chi connectivity index (χ2n) is 3.03. The fourth-order valence-electron chi connectivity index (χ4n) is 1.23. The number of nitrogens with zero attached hydrogens (tertiary/aromatic N) is 1. The molecule has 2 nitrogen and oxygen atoms in total. The predicted molar refractivity (Wildman–Crippen MR) is 61.6 cm³/mol. The van der Waals surface area contributed by atoms with E-state index in [2.05, 4.69) is 4.98 Å². The van der Waals surface area contributed by atoms with Gasteiger partial charge in [-0.1, -0.05) is 11.6 Å². The molecule has 0 spiro atoms. The maximum Gasteiger partial charge on any atom is 0.169 e. The van der Waals surface area contributed by atoms with E-state index in [1.165, 1.54) is 11.3 Å². The van der Waals surface area contributed by atoms with Gasteiger partial charge in [0, 0.05) is 29.3 Å². The predicted octanol–water partition coefficient (Wildman–Crippen LogP) is 3.22. The van der Waals surface area contributed by atoms with Gasteiger partial charge >= 0.3 is 0 Å². The van der Waals surface area contributed by atoms with Crippen LogP contribution in [0.2, 0.25) is 5.02 Å². The maximum absolute atomic E-state index is 11.8. The zero-order chi connectivity index (χ0) is 10.7. The third-order valence-electron chi connectivity index (χ3n) is 2.00. The Hall–Kier alpha value is -1.19. The van der Waals surface area contributed by atoms with Gasteiger partial charge in [-0.25, -0.2) is 0 Å². The van der Waals surface area contributed by atoms with Gasteiger partial charge in [-0.3, -0.25) is 9.78 Å². The van der Waals surface area contributed by atoms with Crippen LogP contribution in [0.4, 0.5) is 0 Å². The fraction of sp³-hybridized carbons (Fsp3) is 0.0909. The Labute approximate surface area is 96.5 Å². The first kappa shape index (κ1) is 10.3. The number of pyridine rings is 1. The second-order valence-corrected chi connectivity index (χ2v) is 4.44. The summed E-state index contributed by atoms with van der Waals surface area (Å²) >= 11 is 7.41. The number of hydrogen-bond acceptors (Lipinski definition) is 3. The van der Waals surface area contributed by atoms with Crippen LogP contribution in [0.25, 0.3) is 0 Å². The highest BCUT2D eigenvalue weighted by Gasteiger charge is 2.10. The quantitative estimate of drug-likeness (QED) is 0.768. The van der Waals surface area contributed by atoms with Crippen LogP contribution in [0, 0.1) is 0 Å². The zero-order valence-electron chi connectivity index (χ0n) is 7.81. The molecule has 0 atom stereocenters. The van der Waals surface area contributed by atoms with Gasteiger partial charge < -0.3 is 0 Å². The summed E-state index contributed by atoms with van der Waals surface area (Å²) in [6, 6.07) is 5.32. The molecule has 0 unspecified atom stereocenters. The lowest BCUT2D eigenvalue weighted by Crippen LogP contribution is -2.02. The topological polar surface area (TPSA) is 30.0 Å². The number of carbonyl (C=O) groups is 1. The van der Waals surface area contributed by atoms with E-state index >= 15 is 0 Å². The van der Waals surface area contributed by atoms with Gasteiger partial charge in [0.05, 0.1) is 5.02 Å². The number of aromatic nitrogens is 1. The van der Waals surface area contributed by atoms with Gasteiger partial charge in [0.2, 0.25) is 0 Å². The fourth-order valence-corrected chi connectivity index (χ4v) is 2.33. The summed E-state index contributed by atoms with van der Waals surface area (Å²) in [5.41, 5.74) is 0.627. The van der Waals surface area contributed by atoms with Gasteiger partial charge in [-0.2, -0.15) is 0 Å². The molecule has 2 rings (SSSR count). The van der Waals surface area contributed by atoms with Crippen LogP contribution >= 0.6 is 22.9 Å². The molecular formula is C11H8ClNOS. The minimum atomic E-state index is 0.0486. The smallest absolute Gasteiger partial charge is 0.169 e. The van der Waals surface area contributed by atoms with Gasteiger partial charge in [0.1, 0.15) is 0 Å². The van der Waals surface area contributed by atoms with Crippen LogP contribution in [0.3, 0.4) is 0 Å². The Kier molecular flexibility index (Phi) is 3.14. The van der Waals surface area contributed by atoms with Crippen LogP contribution in [-0.4, -0.2) is 10.8 Å². The van der Waals surface area contributed by atoms with Crippen LogP contribution in [0.5, 0.6) is 0 Å². The van der Waals surface area contributed by atoms with Crippen molar-refractivity contribution in [3.63, 3.8) is 0 Å². The lowest BCUT2D eigenvalue weighted by Gasteiger charge is -1.98. The van der Waals surface area contributed by atoms with E-state index in [0.29, 0.717) is 17.0 Å². The summed E-state index contributed by atoms with van der Waals surface area (Å²) in [6.45, 7) is 0. The standard InChI is InChI=1S/C11H8ClNOS/c12-9-3-5-15-11(9)6-10(14)8-2-1-4-13-7-8/h1-5,7H,6H2. The SMILES string of the molecule is O=C(Cc1sccc1Cl)c1cccnc1. The molecule has 0 N–H and O–H groups in total. The Morgan fingerprint density at radius 2 is 2.33 bits per heavy atom. The molecule has 0 bridgehead atoms. The first-order valence-electron chi connectivity index (χ1n) is 4.42. The number of thiophene rings is 1. The highest BCUT2D eigenvalue weighted by atomic mass is 35.5. The van der Waals surface area contributed by atoms with Crippen LogP contribution in [0.15, 0.2) is 36.0 Å². The van der Waals surface area contributed by atoms with Crippen molar-refractivity contribution in [3.05, 3.63) is 51.4 Å². The molecule has 2 aromatic rings. The molecule has 0 aliphatic heterocycles. The first-order chi connectivity index (χ1) is 7.27. The number of ketones is 1. The minimum absolute atomic E-state index is 0.0486. The molecule has 0 aliphatic carbocycles. The lowest BCUT2D eigenvalue weighted by molar-refractivity contribution is 0.0993. The van der Waals surface area contributed by atoms with E-state index < -0.39 is 0 Å². The largest absolute Gasteiger partial charge is 0.294 e. The molecule has 0 aliphatic rings. The van der Waals surface area contributed by atoms with E-state index in [4.69, 9.17) is 11.6 Å². The van der Waals surface area contributed by atoms with Gasteiger partial charge in [-0.15, -0.1) is 11.3 Å². The molecule has 4 heteroatoms. The zero-order valence-corrected chi connectivity index (χ0v) is 9.39. The number of Topliss-reactive ketones (excluding diaryl/α,β-unsaturated/α-hetero) is 1. The van der Waals surface area contributed by atoms with Crippen molar-refractivity contribution in [1.29, 1.82) is 0 Å². The first-order valence-corrected chi connectivity index (χ1v) is 5.68. The normalized spacial score (nSPS) is 10.2. The molecule has 0 fully saturated rings. The summed E-state index contributed by atoms with van der Waals surface area (Å²) in [4.78, 5) is 16.6. The van der Waals surface area contributed by atoms with Crippen molar-refractivity contribution in [2.45, 2.75) is 6.42 Å². The van der Waals surface area contributed by atoms with Crippen LogP contribution in [0.1, 0.15) is 15.2 Å². The molecule has 0 amide bonds. The number of halogens is 1. The molecule has 0 saturated heterocycles. The van der Waals surface area contributed by atoms with E-state index in [-0.39, 0.29) is 5.78 Å². The highest BCUT2D eigenvalue weighted by molar-refractivity contribution is 7.10. The van der Waals surface area contributed by atoms with E-state index in [1.54, 1.807) is 30.6 Å². The second kappa shape index (κ2) is 4.55. The molecule has 2 heterocycles. The lowest BCUT2D eigenvalue weighted by atomic mass is 10.1. The summed E-state index contributed by atoms with van der Waals surface area (Å²) in [7, 11) is 0. The van der Waals surface area contributed by atoms with Crippen molar-refractivity contribution in [1.82, 2.24) is 4.98 Å². The van der Waals surface area contributed by atoms with E-state index in [9.17, 15) is 4.79 Å². The molecule has 0 aromatic carbocycles. The average Bonchev–Trinajstić information content (AvgIpc) is 2.66. The molecular weight excluding hydrogens is 230 g/mol. The van der Waals surface area contributed by atoms with E-state index in [0.717, 1.165) is 4.88 Å². The number of hydrogen-bond donors (Lipinski definition) is 0. The minimum Gasteiger partial charge on any atom is -0.294 e. The molecule has 76 valence electrons. The van der Waals surface area contributed by atoms with Crippen molar-refractivity contribution in [3.8, 4) is 0 Å². The number of rotatable bonds is 3. The summed E-state index contributed by atoms with van der Waals surface area (Å²) in [6.07, 6.45) is 3.57. The molecule has 2 aromatic heterocycles. The van der Waals surface area contributed by atoms with Gasteiger partial charge in [-0.05, 0) is 23.6 Å². The van der Waals surface area contributed by atoms with Gasteiger partial charge in [0.15, 0.2) is 5.78 Å². The summed E-state index contributed by atoms with van der Waals surface area (Å²) < 4.78 is 0. The Bertz CT molecular complexity index is 466. The van der Waals surface area contributed by atoms with Gasteiger partial charge in [0.25, 0.3) is 0 Å². The highest BCUT2D eigenvalue weighted by Crippen LogP contribution is 2.23. The van der Waals surface area contributed by atoms with Crippen molar-refractivity contribution in [2.75, 3.05) is 0 Å². The van der Waals surface area contributed by atoms with Crippen molar-refractivity contribution >= 4 is 28.7 Å². The summed E-state index contributed by atoms with van der Waals surface area (Å²) in [5.74, 6) is 0.0486. The third-order valence-corrected chi connectivity index (χ3v) is 3.38. The van der Waals surface area contributed by atoms with Crippen molar-refractivity contribution in [2.24, 2.45) is 0 Å². The molecule has 0 saturated carbocycles. The third kappa shape index (κ3) is 2.43.